The molecule has 5 heteroatoms. The first-order valence-electron chi connectivity index (χ1n) is 3.85. The Hall–Kier alpha value is -1.12. The molecule has 13 heavy (non-hydrogen) atoms. The third-order valence-corrected chi connectivity index (χ3v) is 2.22. The van der Waals surface area contributed by atoms with E-state index in [2.05, 4.69) is 5.32 Å². The van der Waals surface area contributed by atoms with E-state index in [0.717, 1.165) is 6.08 Å². The van der Waals surface area contributed by atoms with Crippen LogP contribution in [-0.4, -0.2) is 23.1 Å². The van der Waals surface area contributed by atoms with Gasteiger partial charge in [0.15, 0.2) is 0 Å². The lowest BCUT2D eigenvalue weighted by molar-refractivity contribution is -0.119. The Balaban J connectivity index is 2.70. The third-order valence-electron chi connectivity index (χ3n) is 1.97. The van der Waals surface area contributed by atoms with Gasteiger partial charge in [-0.15, -0.1) is 0 Å². The summed E-state index contributed by atoms with van der Waals surface area (Å²) in [4.78, 5) is 31.7. The number of amides is 1. The molecule has 2 unspecified atom stereocenters. The monoisotopic (exact) mass is 201 g/mol. The van der Waals surface area contributed by atoms with E-state index in [4.69, 9.17) is 11.6 Å². The molecule has 0 bridgehead atoms. The van der Waals surface area contributed by atoms with Crippen LogP contribution in [0.1, 0.15) is 12.8 Å². The van der Waals surface area contributed by atoms with Gasteiger partial charge >= 0.3 is 0 Å². The summed E-state index contributed by atoms with van der Waals surface area (Å²) in [6.45, 7) is 0. The maximum atomic E-state index is 10.8. The number of rotatable bonds is 3. The highest BCUT2D eigenvalue weighted by molar-refractivity contribution is 6.64. The maximum absolute atomic E-state index is 10.8. The van der Waals surface area contributed by atoms with Crippen molar-refractivity contribution in [1.29, 1.82) is 0 Å². The third kappa shape index (κ3) is 2.41. The van der Waals surface area contributed by atoms with Crippen LogP contribution in [0.5, 0.6) is 0 Å². The smallest absolute Gasteiger partial charge is 0.231 e. The molecular formula is C8H8ClNO3. The van der Waals surface area contributed by atoms with Crippen molar-refractivity contribution in [2.45, 2.75) is 18.9 Å². The van der Waals surface area contributed by atoms with Gasteiger partial charge in [-0.05, 0) is 18.0 Å². The standard InChI is InChI=1S/C8H8ClNO3/c9-8(13)5(3-4-11)6-1-2-7(12)10-6/h3,5-6H,1-2H2,(H,10,12). The normalized spacial score (nSPS) is 23.2. The van der Waals surface area contributed by atoms with Crippen LogP contribution < -0.4 is 5.32 Å². The summed E-state index contributed by atoms with van der Waals surface area (Å²) in [5.74, 6) is 0.646. The van der Waals surface area contributed by atoms with Crippen molar-refractivity contribution in [2.75, 3.05) is 0 Å². The summed E-state index contributed by atoms with van der Waals surface area (Å²) in [5, 5.41) is 1.92. The average Bonchev–Trinajstić information content (AvgIpc) is 2.46. The fourth-order valence-corrected chi connectivity index (χ4v) is 1.54. The minimum absolute atomic E-state index is 0.118. The summed E-state index contributed by atoms with van der Waals surface area (Å²) in [6.07, 6.45) is 1.95. The van der Waals surface area contributed by atoms with Crippen molar-refractivity contribution in [2.24, 2.45) is 5.92 Å². The Kier molecular flexibility index (Phi) is 3.23. The lowest BCUT2D eigenvalue weighted by Gasteiger charge is -2.14. The zero-order valence-electron chi connectivity index (χ0n) is 6.75. The molecule has 1 N–H and O–H groups in total. The lowest BCUT2D eigenvalue weighted by atomic mass is 10.0. The van der Waals surface area contributed by atoms with E-state index in [1.807, 2.05) is 0 Å². The Bertz CT molecular complexity index is 281. The largest absolute Gasteiger partial charge is 0.352 e. The maximum Gasteiger partial charge on any atom is 0.231 e. The zero-order valence-corrected chi connectivity index (χ0v) is 7.50. The van der Waals surface area contributed by atoms with Crippen LogP contribution in [-0.2, 0) is 14.4 Å². The first-order valence-corrected chi connectivity index (χ1v) is 4.22. The van der Waals surface area contributed by atoms with Crippen LogP contribution in [0.15, 0.2) is 6.08 Å². The molecule has 0 aliphatic carbocycles. The zero-order chi connectivity index (χ0) is 9.84. The summed E-state index contributed by atoms with van der Waals surface area (Å²) < 4.78 is 0. The van der Waals surface area contributed by atoms with Gasteiger partial charge in [-0.2, -0.15) is 0 Å². The average molecular weight is 202 g/mol. The minimum Gasteiger partial charge on any atom is -0.352 e. The fraction of sp³-hybridized carbons (Fsp3) is 0.500. The molecule has 1 fully saturated rings. The molecule has 1 rings (SSSR count). The van der Waals surface area contributed by atoms with Gasteiger partial charge in [0.25, 0.3) is 0 Å². The van der Waals surface area contributed by atoms with Crippen LogP contribution in [0.3, 0.4) is 0 Å². The summed E-state index contributed by atoms with van der Waals surface area (Å²) in [7, 11) is 0. The predicted molar refractivity (Wildman–Crippen MR) is 45.8 cm³/mol. The minimum atomic E-state index is -0.745. The van der Waals surface area contributed by atoms with Gasteiger partial charge in [0.1, 0.15) is 5.94 Å². The van der Waals surface area contributed by atoms with E-state index in [0.29, 0.717) is 12.8 Å². The molecule has 1 saturated heterocycles. The van der Waals surface area contributed by atoms with Gasteiger partial charge in [0, 0.05) is 18.5 Å². The fourth-order valence-electron chi connectivity index (χ4n) is 1.32. The highest BCUT2D eigenvalue weighted by Crippen LogP contribution is 2.18. The number of halogens is 1. The first kappa shape index (κ1) is 9.96. The van der Waals surface area contributed by atoms with Crippen molar-refractivity contribution in [3.05, 3.63) is 6.08 Å². The molecule has 0 aromatic rings. The van der Waals surface area contributed by atoms with Gasteiger partial charge < -0.3 is 5.32 Å². The molecule has 0 aromatic heterocycles. The number of carbonyl (C=O) groups excluding carboxylic acids is 3. The highest BCUT2D eigenvalue weighted by atomic mass is 35.5. The van der Waals surface area contributed by atoms with Gasteiger partial charge in [-0.1, -0.05) is 0 Å². The number of carbonyl (C=O) groups is 2. The molecular weight excluding hydrogens is 194 g/mol. The number of hydrogen-bond donors (Lipinski definition) is 1. The van der Waals surface area contributed by atoms with Crippen LogP contribution >= 0.6 is 11.6 Å². The highest BCUT2D eigenvalue weighted by Gasteiger charge is 2.31. The predicted octanol–water partition coefficient (Wildman–Crippen LogP) is 0.0344. The van der Waals surface area contributed by atoms with E-state index < -0.39 is 11.2 Å². The van der Waals surface area contributed by atoms with Crippen molar-refractivity contribution in [3.8, 4) is 0 Å². The molecule has 1 aliphatic rings. The first-order chi connectivity index (χ1) is 6.15. The second-order valence-electron chi connectivity index (χ2n) is 2.83. The van der Waals surface area contributed by atoms with Crippen LogP contribution in [0.25, 0.3) is 0 Å². The van der Waals surface area contributed by atoms with Crippen molar-refractivity contribution < 1.29 is 14.4 Å². The molecule has 4 nitrogen and oxygen atoms in total. The van der Waals surface area contributed by atoms with Crippen LogP contribution in [0, 0.1) is 5.92 Å². The molecule has 0 saturated carbocycles. The Morgan fingerprint density at radius 2 is 2.46 bits per heavy atom. The molecule has 2 atom stereocenters. The van der Waals surface area contributed by atoms with Gasteiger partial charge in [-0.3, -0.25) is 9.59 Å². The summed E-state index contributed by atoms with van der Waals surface area (Å²) in [6, 6.07) is -0.348. The van der Waals surface area contributed by atoms with E-state index in [9.17, 15) is 14.4 Å². The van der Waals surface area contributed by atoms with E-state index in [1.54, 1.807) is 0 Å². The Morgan fingerprint density at radius 3 is 2.85 bits per heavy atom. The van der Waals surface area contributed by atoms with E-state index in [-0.39, 0.29) is 11.9 Å². The molecule has 1 aliphatic heterocycles. The molecule has 1 heterocycles. The molecule has 1 amide bonds. The molecule has 0 aromatic carbocycles. The molecule has 0 radical (unpaired) electrons. The van der Waals surface area contributed by atoms with Crippen molar-refractivity contribution in [1.82, 2.24) is 5.32 Å². The summed E-state index contributed by atoms with van der Waals surface area (Å²) in [5.41, 5.74) is 0. The topological polar surface area (TPSA) is 63.2 Å². The SMILES string of the molecule is O=C=CC(C(=O)Cl)C1CCC(=O)N1. The van der Waals surface area contributed by atoms with E-state index >= 15 is 0 Å². The molecule has 0 spiro atoms. The van der Waals surface area contributed by atoms with Crippen molar-refractivity contribution >= 4 is 28.7 Å². The second kappa shape index (κ2) is 4.21. The Labute approximate surface area is 79.9 Å². The van der Waals surface area contributed by atoms with Crippen LogP contribution in [0.2, 0.25) is 0 Å². The number of nitrogens with one attached hydrogen (secondary N) is 1. The lowest BCUT2D eigenvalue weighted by Crippen LogP contribution is -2.34. The number of hydrogen-bond acceptors (Lipinski definition) is 3. The van der Waals surface area contributed by atoms with Gasteiger partial charge in [0.2, 0.25) is 11.1 Å². The van der Waals surface area contributed by atoms with E-state index in [1.165, 1.54) is 5.94 Å². The van der Waals surface area contributed by atoms with Crippen molar-refractivity contribution in [3.63, 3.8) is 0 Å². The van der Waals surface area contributed by atoms with Gasteiger partial charge in [0.05, 0.1) is 5.92 Å². The Morgan fingerprint density at radius 1 is 1.77 bits per heavy atom. The van der Waals surface area contributed by atoms with Crippen LogP contribution in [0.4, 0.5) is 0 Å². The van der Waals surface area contributed by atoms with Gasteiger partial charge in [-0.25, -0.2) is 4.79 Å². The summed E-state index contributed by atoms with van der Waals surface area (Å²) >= 11 is 5.25. The second-order valence-corrected chi connectivity index (χ2v) is 3.20. The molecule has 70 valence electrons. The quantitative estimate of drug-likeness (QED) is 0.518.